The minimum absolute atomic E-state index is 0.620. The second kappa shape index (κ2) is 27.9. The van der Waals surface area contributed by atoms with Gasteiger partial charge < -0.3 is 9.80 Å². The number of nitrogens with zero attached hydrogens (tertiary/aromatic N) is 2. The molecule has 0 bridgehead atoms. The zero-order chi connectivity index (χ0) is 27.4. The molecule has 1 aliphatic heterocycles. The lowest BCUT2D eigenvalue weighted by molar-refractivity contribution is 0.159. The molecule has 2 nitrogen and oxygen atoms in total. The molecule has 0 radical (unpaired) electrons. The van der Waals surface area contributed by atoms with Gasteiger partial charge in [-0.15, -0.1) is 0 Å². The minimum Gasteiger partial charge on any atom is -0.359 e. The molecule has 0 spiro atoms. The molecule has 1 heterocycles. The summed E-state index contributed by atoms with van der Waals surface area (Å²) in [5, 5.41) is 0. The lowest BCUT2D eigenvalue weighted by Gasteiger charge is -2.30. The lowest BCUT2D eigenvalue weighted by Crippen LogP contribution is -2.37. The van der Waals surface area contributed by atoms with E-state index in [1.165, 1.54) is 193 Å². The van der Waals surface area contributed by atoms with E-state index in [1.54, 1.807) is 0 Å². The Morgan fingerprint density at radius 1 is 0.395 bits per heavy atom. The molecule has 0 fully saturated rings. The Hall–Kier alpha value is -0.660. The molecule has 1 atom stereocenters. The molecule has 1 aliphatic rings. The van der Waals surface area contributed by atoms with Crippen LogP contribution in [0.25, 0.3) is 0 Å². The van der Waals surface area contributed by atoms with Crippen LogP contribution in [0.2, 0.25) is 0 Å². The molecule has 0 saturated carbocycles. The van der Waals surface area contributed by atoms with E-state index >= 15 is 0 Å². The van der Waals surface area contributed by atoms with E-state index in [-0.39, 0.29) is 0 Å². The second-order valence-corrected chi connectivity index (χ2v) is 12.7. The van der Waals surface area contributed by atoms with E-state index in [1.807, 2.05) is 0 Å². The van der Waals surface area contributed by atoms with E-state index < -0.39 is 0 Å². The quantitative estimate of drug-likeness (QED) is 0.0848. The zero-order valence-electron chi connectivity index (χ0n) is 26.8. The molecular weight excluding hydrogens is 460 g/mol. The first kappa shape index (κ1) is 35.4. The monoisotopic (exact) mass is 533 g/mol. The second-order valence-electron chi connectivity index (χ2n) is 12.7. The van der Waals surface area contributed by atoms with Crippen molar-refractivity contribution in [3.63, 3.8) is 0 Å². The standard InChI is InChI=1S/C36H72N2/c1-4-6-8-10-12-14-16-18-19-21-23-25-27-29-31-33-38-35-34-37(3)36(38)32-30-28-26-24-22-20-17-15-13-11-9-7-5-2/h34-36H,4-33H2,1-3H3. The van der Waals surface area contributed by atoms with Gasteiger partial charge in [-0.25, -0.2) is 0 Å². The first-order chi connectivity index (χ1) is 18.8. The van der Waals surface area contributed by atoms with Gasteiger partial charge in [-0.1, -0.05) is 181 Å². The molecule has 0 amide bonds. The molecule has 0 N–H and O–H groups in total. The Morgan fingerprint density at radius 2 is 0.711 bits per heavy atom. The number of rotatable bonds is 30. The van der Waals surface area contributed by atoms with E-state index in [9.17, 15) is 0 Å². The first-order valence-corrected chi connectivity index (χ1v) is 18.0. The summed E-state index contributed by atoms with van der Waals surface area (Å²) in [4.78, 5) is 5.08. The van der Waals surface area contributed by atoms with Gasteiger partial charge in [0.25, 0.3) is 0 Å². The lowest BCUT2D eigenvalue weighted by atomic mass is 10.0. The van der Waals surface area contributed by atoms with Crippen LogP contribution in [0.4, 0.5) is 0 Å². The molecule has 0 aromatic heterocycles. The Kier molecular flexibility index (Phi) is 26.0. The van der Waals surface area contributed by atoms with Crippen molar-refractivity contribution in [1.82, 2.24) is 9.80 Å². The fourth-order valence-electron chi connectivity index (χ4n) is 6.23. The number of hydrogen-bond donors (Lipinski definition) is 0. The van der Waals surface area contributed by atoms with Crippen LogP contribution in [0.15, 0.2) is 12.4 Å². The van der Waals surface area contributed by atoms with Gasteiger partial charge in [0.1, 0.15) is 6.17 Å². The highest BCUT2D eigenvalue weighted by molar-refractivity contribution is 4.95. The minimum atomic E-state index is 0.620. The van der Waals surface area contributed by atoms with Crippen LogP contribution in [0.5, 0.6) is 0 Å². The van der Waals surface area contributed by atoms with Crippen LogP contribution in [0, 0.1) is 0 Å². The van der Waals surface area contributed by atoms with Crippen molar-refractivity contribution >= 4 is 0 Å². The topological polar surface area (TPSA) is 6.48 Å². The third kappa shape index (κ3) is 21.2. The van der Waals surface area contributed by atoms with Crippen LogP contribution in [0.3, 0.4) is 0 Å². The average molecular weight is 533 g/mol. The molecule has 1 unspecified atom stereocenters. The van der Waals surface area contributed by atoms with Gasteiger partial charge in [0.2, 0.25) is 0 Å². The molecule has 0 aromatic carbocycles. The Balaban J connectivity index is 1.87. The van der Waals surface area contributed by atoms with Crippen LogP contribution >= 0.6 is 0 Å². The molecule has 2 heteroatoms. The summed E-state index contributed by atoms with van der Waals surface area (Å²) < 4.78 is 0. The average Bonchev–Trinajstić information content (AvgIpc) is 3.27. The summed E-state index contributed by atoms with van der Waals surface area (Å²) in [6, 6.07) is 0. The highest BCUT2D eigenvalue weighted by Crippen LogP contribution is 2.22. The summed E-state index contributed by atoms with van der Waals surface area (Å²) in [7, 11) is 2.27. The predicted octanol–water partition coefficient (Wildman–Crippen LogP) is 12.4. The van der Waals surface area contributed by atoms with Crippen LogP contribution in [0.1, 0.15) is 200 Å². The van der Waals surface area contributed by atoms with Crippen molar-refractivity contribution in [2.24, 2.45) is 0 Å². The first-order valence-electron chi connectivity index (χ1n) is 18.0. The maximum Gasteiger partial charge on any atom is 0.100 e. The van der Waals surface area contributed by atoms with Crippen molar-refractivity contribution in [2.75, 3.05) is 13.6 Å². The zero-order valence-corrected chi connectivity index (χ0v) is 26.8. The molecule has 1 rings (SSSR count). The SMILES string of the molecule is CCCCCCCCCCCCCCCCCN1C=CN(C)C1CCCCCCCCCCCCCCC. The third-order valence-electron chi connectivity index (χ3n) is 8.93. The maximum atomic E-state index is 2.63. The molecular formula is C36H72N2. The highest BCUT2D eigenvalue weighted by Gasteiger charge is 2.22. The molecule has 0 aromatic rings. The Labute approximate surface area is 241 Å². The van der Waals surface area contributed by atoms with Crippen molar-refractivity contribution in [3.05, 3.63) is 12.4 Å². The van der Waals surface area contributed by atoms with E-state index in [2.05, 4.69) is 43.1 Å². The molecule has 0 aliphatic carbocycles. The molecule has 38 heavy (non-hydrogen) atoms. The van der Waals surface area contributed by atoms with Crippen LogP contribution < -0.4 is 0 Å². The number of unbranched alkanes of at least 4 members (excludes halogenated alkanes) is 26. The summed E-state index contributed by atoms with van der Waals surface area (Å²) in [6.07, 6.45) is 47.1. The van der Waals surface area contributed by atoms with Gasteiger partial charge in [-0.05, 0) is 19.3 Å². The van der Waals surface area contributed by atoms with Gasteiger partial charge in [0.15, 0.2) is 0 Å². The summed E-state index contributed by atoms with van der Waals surface area (Å²) in [5.74, 6) is 0. The van der Waals surface area contributed by atoms with Crippen molar-refractivity contribution < 1.29 is 0 Å². The van der Waals surface area contributed by atoms with Gasteiger partial charge in [-0.3, -0.25) is 0 Å². The summed E-state index contributed by atoms with van der Waals surface area (Å²) >= 11 is 0. The highest BCUT2D eigenvalue weighted by atomic mass is 15.4. The predicted molar refractivity (Wildman–Crippen MR) is 173 cm³/mol. The Bertz CT molecular complexity index is 488. The van der Waals surface area contributed by atoms with Crippen LogP contribution in [-0.4, -0.2) is 29.6 Å². The molecule has 226 valence electrons. The fourth-order valence-corrected chi connectivity index (χ4v) is 6.23. The van der Waals surface area contributed by atoms with E-state index in [0.717, 1.165) is 0 Å². The fraction of sp³-hybridized carbons (Fsp3) is 0.944. The largest absolute Gasteiger partial charge is 0.359 e. The normalized spacial score (nSPS) is 15.3. The van der Waals surface area contributed by atoms with E-state index in [4.69, 9.17) is 0 Å². The van der Waals surface area contributed by atoms with Crippen LogP contribution in [-0.2, 0) is 0 Å². The molecule has 0 saturated heterocycles. The van der Waals surface area contributed by atoms with Gasteiger partial charge in [0.05, 0.1) is 0 Å². The van der Waals surface area contributed by atoms with Gasteiger partial charge in [0, 0.05) is 26.0 Å². The smallest absolute Gasteiger partial charge is 0.100 e. The van der Waals surface area contributed by atoms with Gasteiger partial charge >= 0.3 is 0 Å². The third-order valence-corrected chi connectivity index (χ3v) is 8.93. The Morgan fingerprint density at radius 3 is 1.08 bits per heavy atom. The van der Waals surface area contributed by atoms with Gasteiger partial charge in [-0.2, -0.15) is 0 Å². The summed E-state index contributed by atoms with van der Waals surface area (Å²) in [5.41, 5.74) is 0. The van der Waals surface area contributed by atoms with Crippen molar-refractivity contribution in [2.45, 2.75) is 206 Å². The maximum absolute atomic E-state index is 2.63. The van der Waals surface area contributed by atoms with Crippen molar-refractivity contribution in [1.29, 1.82) is 0 Å². The van der Waals surface area contributed by atoms with E-state index in [0.29, 0.717) is 6.17 Å². The van der Waals surface area contributed by atoms with Crippen molar-refractivity contribution in [3.8, 4) is 0 Å². The summed E-state index contributed by atoms with van der Waals surface area (Å²) in [6.45, 7) is 5.87. The number of hydrogen-bond acceptors (Lipinski definition) is 2.